The van der Waals surface area contributed by atoms with Crippen LogP contribution in [0.15, 0.2) is 11.4 Å². The van der Waals surface area contributed by atoms with E-state index in [-0.39, 0.29) is 6.04 Å². The second-order valence-electron chi connectivity index (χ2n) is 2.11. The van der Waals surface area contributed by atoms with Gasteiger partial charge in [-0.1, -0.05) is 0 Å². The topological polar surface area (TPSA) is 49.8 Å². The van der Waals surface area contributed by atoms with Gasteiger partial charge in [-0.2, -0.15) is 5.26 Å². The molecule has 1 unspecified atom stereocenters. The van der Waals surface area contributed by atoms with Gasteiger partial charge >= 0.3 is 0 Å². The monoisotopic (exact) mass is 152 g/mol. The molecule has 52 valence electrons. The third kappa shape index (κ3) is 1.18. The molecule has 1 atom stereocenters. The lowest BCUT2D eigenvalue weighted by molar-refractivity contribution is 0.820. The highest BCUT2D eigenvalue weighted by Gasteiger charge is 2.05. The molecule has 0 aliphatic rings. The second-order valence-corrected chi connectivity index (χ2v) is 3.02. The minimum absolute atomic E-state index is 0.0269. The van der Waals surface area contributed by atoms with Crippen LogP contribution in [0.4, 0.5) is 0 Å². The lowest BCUT2D eigenvalue weighted by Crippen LogP contribution is -2.04. The Labute approximate surface area is 63.9 Å². The summed E-state index contributed by atoms with van der Waals surface area (Å²) in [7, 11) is 0. The van der Waals surface area contributed by atoms with Crippen molar-refractivity contribution in [3.63, 3.8) is 0 Å². The van der Waals surface area contributed by atoms with E-state index in [1.807, 2.05) is 18.4 Å². The average molecular weight is 152 g/mol. The van der Waals surface area contributed by atoms with E-state index < -0.39 is 0 Å². The van der Waals surface area contributed by atoms with Crippen molar-refractivity contribution in [2.45, 2.75) is 13.0 Å². The van der Waals surface area contributed by atoms with Crippen LogP contribution >= 0.6 is 11.3 Å². The SMILES string of the molecule is CC(N)c1ccsc1C#N. The molecule has 0 aliphatic carbocycles. The van der Waals surface area contributed by atoms with Gasteiger partial charge in [0.05, 0.1) is 0 Å². The highest BCUT2D eigenvalue weighted by Crippen LogP contribution is 2.20. The normalized spacial score (nSPS) is 12.5. The van der Waals surface area contributed by atoms with Crippen LogP contribution in [0.3, 0.4) is 0 Å². The molecular weight excluding hydrogens is 144 g/mol. The van der Waals surface area contributed by atoms with Gasteiger partial charge in [-0.15, -0.1) is 11.3 Å². The molecule has 0 saturated heterocycles. The Morgan fingerprint density at radius 3 is 2.90 bits per heavy atom. The fraction of sp³-hybridized carbons (Fsp3) is 0.286. The molecule has 10 heavy (non-hydrogen) atoms. The standard InChI is InChI=1S/C7H8N2S/c1-5(9)6-2-3-10-7(6)4-8/h2-3,5H,9H2,1H3. The van der Waals surface area contributed by atoms with Crippen molar-refractivity contribution in [3.05, 3.63) is 21.9 Å². The predicted octanol–water partition coefficient (Wildman–Crippen LogP) is 1.64. The summed E-state index contributed by atoms with van der Waals surface area (Å²) in [5, 5.41) is 10.4. The third-order valence-electron chi connectivity index (χ3n) is 1.29. The van der Waals surface area contributed by atoms with Crippen molar-refractivity contribution in [2.75, 3.05) is 0 Å². The van der Waals surface area contributed by atoms with Crippen molar-refractivity contribution in [1.82, 2.24) is 0 Å². The van der Waals surface area contributed by atoms with E-state index in [4.69, 9.17) is 11.0 Å². The van der Waals surface area contributed by atoms with E-state index in [9.17, 15) is 0 Å². The summed E-state index contributed by atoms with van der Waals surface area (Å²) in [5.41, 5.74) is 6.54. The number of nitriles is 1. The largest absolute Gasteiger partial charge is 0.324 e. The van der Waals surface area contributed by atoms with E-state index in [2.05, 4.69) is 6.07 Å². The number of nitrogens with zero attached hydrogens (tertiary/aromatic N) is 1. The minimum atomic E-state index is -0.0269. The van der Waals surface area contributed by atoms with E-state index in [0.717, 1.165) is 10.4 Å². The number of rotatable bonds is 1. The smallest absolute Gasteiger partial charge is 0.110 e. The maximum Gasteiger partial charge on any atom is 0.110 e. The zero-order chi connectivity index (χ0) is 7.56. The maximum absolute atomic E-state index is 8.56. The van der Waals surface area contributed by atoms with Gasteiger partial charge in [-0.05, 0) is 23.9 Å². The highest BCUT2D eigenvalue weighted by molar-refractivity contribution is 7.10. The Hall–Kier alpha value is -0.850. The second kappa shape index (κ2) is 2.82. The first-order valence-electron chi connectivity index (χ1n) is 2.98. The van der Waals surface area contributed by atoms with E-state index in [1.165, 1.54) is 11.3 Å². The van der Waals surface area contributed by atoms with Crippen LogP contribution in [0.5, 0.6) is 0 Å². The summed E-state index contributed by atoms with van der Waals surface area (Å²) >= 11 is 1.44. The van der Waals surface area contributed by atoms with Crippen molar-refractivity contribution >= 4 is 11.3 Å². The molecular formula is C7H8N2S. The molecule has 1 rings (SSSR count). The van der Waals surface area contributed by atoms with Gasteiger partial charge in [0.1, 0.15) is 10.9 Å². The van der Waals surface area contributed by atoms with Gasteiger partial charge in [0.15, 0.2) is 0 Å². The molecule has 2 nitrogen and oxygen atoms in total. The Kier molecular flexibility index (Phi) is 2.05. The van der Waals surface area contributed by atoms with Crippen LogP contribution in [-0.2, 0) is 0 Å². The Bertz CT molecular complexity index is 257. The molecule has 0 fully saturated rings. The third-order valence-corrected chi connectivity index (χ3v) is 2.12. The quantitative estimate of drug-likeness (QED) is 0.665. The number of thiophene rings is 1. The van der Waals surface area contributed by atoms with Gasteiger partial charge in [0, 0.05) is 6.04 Å². The fourth-order valence-corrected chi connectivity index (χ4v) is 1.56. The van der Waals surface area contributed by atoms with Crippen LogP contribution in [0.25, 0.3) is 0 Å². The average Bonchev–Trinajstić information content (AvgIpc) is 2.33. The molecule has 1 aromatic rings. The van der Waals surface area contributed by atoms with Gasteiger partial charge in [-0.25, -0.2) is 0 Å². The van der Waals surface area contributed by atoms with E-state index in [1.54, 1.807) is 0 Å². The molecule has 0 aliphatic heterocycles. The van der Waals surface area contributed by atoms with Crippen LogP contribution in [0.1, 0.15) is 23.4 Å². The zero-order valence-corrected chi connectivity index (χ0v) is 6.48. The Balaban J connectivity index is 3.05. The first-order chi connectivity index (χ1) is 4.75. The highest BCUT2D eigenvalue weighted by atomic mass is 32.1. The Morgan fingerprint density at radius 2 is 2.50 bits per heavy atom. The molecule has 0 spiro atoms. The summed E-state index contributed by atoms with van der Waals surface area (Å²) in [6.45, 7) is 1.88. The molecule has 2 N–H and O–H groups in total. The summed E-state index contributed by atoms with van der Waals surface area (Å²) < 4.78 is 0. The molecule has 1 heterocycles. The molecule has 0 radical (unpaired) electrons. The number of nitrogens with two attached hydrogens (primary N) is 1. The predicted molar refractivity (Wildman–Crippen MR) is 41.6 cm³/mol. The fourth-order valence-electron chi connectivity index (χ4n) is 0.769. The Morgan fingerprint density at radius 1 is 1.80 bits per heavy atom. The number of hydrogen-bond donors (Lipinski definition) is 1. The van der Waals surface area contributed by atoms with Crippen LogP contribution in [-0.4, -0.2) is 0 Å². The summed E-state index contributed by atoms with van der Waals surface area (Å²) in [5.74, 6) is 0. The van der Waals surface area contributed by atoms with E-state index in [0.29, 0.717) is 0 Å². The molecule has 0 aromatic carbocycles. The summed E-state index contributed by atoms with van der Waals surface area (Å²) in [4.78, 5) is 0.731. The van der Waals surface area contributed by atoms with Gasteiger partial charge < -0.3 is 5.73 Å². The van der Waals surface area contributed by atoms with Gasteiger partial charge in [-0.3, -0.25) is 0 Å². The van der Waals surface area contributed by atoms with Crippen molar-refractivity contribution in [1.29, 1.82) is 5.26 Å². The lowest BCUT2D eigenvalue weighted by Gasteiger charge is -1.99. The van der Waals surface area contributed by atoms with Gasteiger partial charge in [0.2, 0.25) is 0 Å². The first kappa shape index (κ1) is 7.26. The van der Waals surface area contributed by atoms with Crippen molar-refractivity contribution in [3.8, 4) is 6.07 Å². The molecule has 1 aromatic heterocycles. The molecule has 0 amide bonds. The van der Waals surface area contributed by atoms with Crippen LogP contribution in [0.2, 0.25) is 0 Å². The van der Waals surface area contributed by atoms with Crippen molar-refractivity contribution < 1.29 is 0 Å². The maximum atomic E-state index is 8.56. The molecule has 0 saturated carbocycles. The lowest BCUT2D eigenvalue weighted by atomic mass is 10.1. The summed E-state index contributed by atoms with van der Waals surface area (Å²) in [6.07, 6.45) is 0. The number of hydrogen-bond acceptors (Lipinski definition) is 3. The van der Waals surface area contributed by atoms with Gasteiger partial charge in [0.25, 0.3) is 0 Å². The molecule has 0 bridgehead atoms. The van der Waals surface area contributed by atoms with Crippen molar-refractivity contribution in [2.24, 2.45) is 5.73 Å². The summed E-state index contributed by atoms with van der Waals surface area (Å²) in [6, 6.07) is 3.97. The van der Waals surface area contributed by atoms with Crippen LogP contribution < -0.4 is 5.73 Å². The van der Waals surface area contributed by atoms with E-state index >= 15 is 0 Å². The molecule has 3 heteroatoms. The first-order valence-corrected chi connectivity index (χ1v) is 3.86. The minimum Gasteiger partial charge on any atom is -0.324 e. The zero-order valence-electron chi connectivity index (χ0n) is 5.66. The van der Waals surface area contributed by atoms with Crippen LogP contribution in [0, 0.1) is 11.3 Å².